The van der Waals surface area contributed by atoms with E-state index in [1.165, 1.54) is 0 Å². The van der Waals surface area contributed by atoms with E-state index in [0.717, 1.165) is 17.7 Å². The van der Waals surface area contributed by atoms with Crippen LogP contribution in [-0.4, -0.2) is 12.5 Å². The Morgan fingerprint density at radius 2 is 1.67 bits per heavy atom. The molecule has 1 atom stereocenters. The van der Waals surface area contributed by atoms with E-state index in [1.807, 2.05) is 44.2 Å². The summed E-state index contributed by atoms with van der Waals surface area (Å²) in [4.78, 5) is 12.0. The minimum atomic E-state index is -1.61. The highest BCUT2D eigenvalue weighted by atomic mass is 19.2. The molecular formula is C18H19F3N2O. The lowest BCUT2D eigenvalue weighted by Crippen LogP contribution is -2.33. The molecule has 0 radical (unpaired) electrons. The zero-order chi connectivity index (χ0) is 17.7. The first kappa shape index (κ1) is 18.0. The smallest absolute Gasteiger partial charge is 0.238 e. The summed E-state index contributed by atoms with van der Waals surface area (Å²) in [6, 6.07) is 11.3. The molecule has 24 heavy (non-hydrogen) atoms. The predicted molar refractivity (Wildman–Crippen MR) is 87.0 cm³/mol. The Bertz CT molecular complexity index is 705. The van der Waals surface area contributed by atoms with Crippen LogP contribution in [0.15, 0.2) is 42.5 Å². The Kier molecular flexibility index (Phi) is 5.98. The topological polar surface area (TPSA) is 41.1 Å². The Morgan fingerprint density at radius 1 is 1.00 bits per heavy atom. The number of halogens is 3. The highest BCUT2D eigenvalue weighted by Gasteiger charge is 2.18. The van der Waals surface area contributed by atoms with Crippen molar-refractivity contribution in [3.8, 4) is 0 Å². The van der Waals surface area contributed by atoms with Gasteiger partial charge in [-0.15, -0.1) is 0 Å². The summed E-state index contributed by atoms with van der Waals surface area (Å²) in [5, 5.41) is 5.34. The second-order valence-electron chi connectivity index (χ2n) is 5.78. The van der Waals surface area contributed by atoms with Gasteiger partial charge in [0.25, 0.3) is 0 Å². The standard InChI is InChI=1S/C18H19F3N2O/c1-11(2)18(12-6-4-3-5-7-12)22-10-15(24)23-14-9-8-13(19)16(20)17(14)21/h3-9,11,18,22H,10H2,1-2H3,(H,23,24)/t18-/m1/s1. The van der Waals surface area contributed by atoms with Gasteiger partial charge in [0.05, 0.1) is 12.2 Å². The van der Waals surface area contributed by atoms with Gasteiger partial charge in [-0.3, -0.25) is 4.79 Å². The summed E-state index contributed by atoms with van der Waals surface area (Å²) in [7, 11) is 0. The average molecular weight is 336 g/mol. The third-order valence-corrected chi connectivity index (χ3v) is 3.62. The Balaban J connectivity index is 2.01. The van der Waals surface area contributed by atoms with Crippen molar-refractivity contribution < 1.29 is 18.0 Å². The highest BCUT2D eigenvalue weighted by molar-refractivity contribution is 5.92. The van der Waals surface area contributed by atoms with Crippen LogP contribution < -0.4 is 10.6 Å². The Hall–Kier alpha value is -2.34. The van der Waals surface area contributed by atoms with Gasteiger partial charge < -0.3 is 10.6 Å². The van der Waals surface area contributed by atoms with Crippen LogP contribution in [0.25, 0.3) is 0 Å². The molecule has 3 nitrogen and oxygen atoms in total. The van der Waals surface area contributed by atoms with Gasteiger partial charge in [-0.1, -0.05) is 44.2 Å². The van der Waals surface area contributed by atoms with Gasteiger partial charge in [0.15, 0.2) is 17.5 Å². The molecule has 0 spiro atoms. The van der Waals surface area contributed by atoms with Crippen molar-refractivity contribution in [1.82, 2.24) is 5.32 Å². The SMILES string of the molecule is CC(C)[C@@H](NCC(=O)Nc1ccc(F)c(F)c1F)c1ccccc1. The van der Waals surface area contributed by atoms with E-state index in [9.17, 15) is 18.0 Å². The molecule has 0 aliphatic rings. The predicted octanol–water partition coefficient (Wildman–Crippen LogP) is 4.03. The maximum absolute atomic E-state index is 13.6. The van der Waals surface area contributed by atoms with Gasteiger partial charge in [0.2, 0.25) is 5.91 Å². The number of carbonyl (C=O) groups is 1. The molecule has 0 saturated heterocycles. The molecule has 0 aliphatic carbocycles. The van der Waals surface area contributed by atoms with Gasteiger partial charge in [0, 0.05) is 6.04 Å². The Labute approximate surface area is 138 Å². The van der Waals surface area contributed by atoms with Crippen LogP contribution in [0.4, 0.5) is 18.9 Å². The summed E-state index contributed by atoms with van der Waals surface area (Å²) in [5.74, 6) is -4.63. The van der Waals surface area contributed by atoms with Gasteiger partial charge in [-0.2, -0.15) is 0 Å². The first-order chi connectivity index (χ1) is 11.4. The average Bonchev–Trinajstić information content (AvgIpc) is 2.56. The maximum Gasteiger partial charge on any atom is 0.238 e. The fraction of sp³-hybridized carbons (Fsp3) is 0.278. The minimum absolute atomic E-state index is 0.0632. The van der Waals surface area contributed by atoms with Gasteiger partial charge in [-0.25, -0.2) is 13.2 Å². The summed E-state index contributed by atoms with van der Waals surface area (Å²) in [6.07, 6.45) is 0. The molecule has 0 aliphatic heterocycles. The van der Waals surface area contributed by atoms with Crippen molar-refractivity contribution >= 4 is 11.6 Å². The Morgan fingerprint density at radius 3 is 2.29 bits per heavy atom. The largest absolute Gasteiger partial charge is 0.322 e. The van der Waals surface area contributed by atoms with Crippen LogP contribution in [0.2, 0.25) is 0 Å². The molecule has 0 heterocycles. The van der Waals surface area contributed by atoms with Crippen LogP contribution in [0.5, 0.6) is 0 Å². The van der Waals surface area contributed by atoms with Gasteiger partial charge in [-0.05, 0) is 23.6 Å². The molecule has 128 valence electrons. The third kappa shape index (κ3) is 4.35. The number of rotatable bonds is 6. The number of carbonyl (C=O) groups excluding carboxylic acids is 1. The molecule has 1 amide bonds. The molecule has 2 aromatic carbocycles. The fourth-order valence-electron chi connectivity index (χ4n) is 2.42. The normalized spacial score (nSPS) is 12.2. The van der Waals surface area contributed by atoms with Crippen LogP contribution in [-0.2, 0) is 4.79 Å². The van der Waals surface area contributed by atoms with Crippen molar-refractivity contribution in [2.75, 3.05) is 11.9 Å². The second kappa shape index (κ2) is 7.97. The van der Waals surface area contributed by atoms with E-state index >= 15 is 0 Å². The zero-order valence-corrected chi connectivity index (χ0v) is 13.4. The van der Waals surface area contributed by atoms with Crippen LogP contribution in [0.1, 0.15) is 25.5 Å². The lowest BCUT2D eigenvalue weighted by molar-refractivity contribution is -0.115. The highest BCUT2D eigenvalue weighted by Crippen LogP contribution is 2.22. The van der Waals surface area contributed by atoms with E-state index < -0.39 is 23.4 Å². The van der Waals surface area contributed by atoms with Crippen LogP contribution in [0.3, 0.4) is 0 Å². The summed E-state index contributed by atoms with van der Waals surface area (Å²) in [5.41, 5.74) is 0.640. The van der Waals surface area contributed by atoms with E-state index in [4.69, 9.17) is 0 Å². The van der Waals surface area contributed by atoms with Crippen molar-refractivity contribution in [1.29, 1.82) is 0 Å². The second-order valence-corrected chi connectivity index (χ2v) is 5.78. The lowest BCUT2D eigenvalue weighted by atomic mass is 9.96. The monoisotopic (exact) mass is 336 g/mol. The quantitative estimate of drug-likeness (QED) is 0.782. The maximum atomic E-state index is 13.6. The molecule has 0 saturated carbocycles. The van der Waals surface area contributed by atoms with Crippen molar-refractivity contribution in [3.05, 3.63) is 65.5 Å². The van der Waals surface area contributed by atoms with E-state index in [1.54, 1.807) is 0 Å². The molecule has 0 bridgehead atoms. The van der Waals surface area contributed by atoms with Gasteiger partial charge in [0.1, 0.15) is 0 Å². The van der Waals surface area contributed by atoms with Crippen LogP contribution >= 0.6 is 0 Å². The molecule has 2 N–H and O–H groups in total. The van der Waals surface area contributed by atoms with E-state index in [-0.39, 0.29) is 24.2 Å². The van der Waals surface area contributed by atoms with Crippen molar-refractivity contribution in [2.45, 2.75) is 19.9 Å². The number of amides is 1. The van der Waals surface area contributed by atoms with Crippen LogP contribution in [0, 0.1) is 23.4 Å². The molecule has 2 aromatic rings. The van der Waals surface area contributed by atoms with E-state index in [2.05, 4.69) is 10.6 Å². The number of benzene rings is 2. The zero-order valence-electron chi connectivity index (χ0n) is 13.4. The summed E-state index contributed by atoms with van der Waals surface area (Å²) < 4.78 is 39.6. The summed E-state index contributed by atoms with van der Waals surface area (Å²) >= 11 is 0. The molecule has 6 heteroatoms. The number of hydrogen-bond acceptors (Lipinski definition) is 2. The van der Waals surface area contributed by atoms with Crippen molar-refractivity contribution in [2.24, 2.45) is 5.92 Å². The molecular weight excluding hydrogens is 317 g/mol. The minimum Gasteiger partial charge on any atom is -0.322 e. The summed E-state index contributed by atoms with van der Waals surface area (Å²) in [6.45, 7) is 3.94. The van der Waals surface area contributed by atoms with Gasteiger partial charge >= 0.3 is 0 Å². The molecule has 0 aromatic heterocycles. The first-order valence-electron chi connectivity index (χ1n) is 7.61. The van der Waals surface area contributed by atoms with E-state index in [0.29, 0.717) is 0 Å². The fourth-order valence-corrected chi connectivity index (χ4v) is 2.42. The van der Waals surface area contributed by atoms with Crippen molar-refractivity contribution in [3.63, 3.8) is 0 Å². The third-order valence-electron chi connectivity index (χ3n) is 3.62. The molecule has 0 fully saturated rings. The lowest BCUT2D eigenvalue weighted by Gasteiger charge is -2.22. The molecule has 0 unspecified atom stereocenters. The number of nitrogens with one attached hydrogen (secondary N) is 2. The number of anilines is 1. The number of hydrogen-bond donors (Lipinski definition) is 2. The first-order valence-corrected chi connectivity index (χ1v) is 7.61. The molecule has 2 rings (SSSR count).